The fourth-order valence-corrected chi connectivity index (χ4v) is 3.78. The summed E-state index contributed by atoms with van der Waals surface area (Å²) >= 11 is 0. The number of fused-ring (bicyclic) bond motifs is 3. The Labute approximate surface area is 130 Å². The molecule has 5 heteroatoms. The second-order valence-electron chi connectivity index (χ2n) is 6.63. The minimum Gasteiger partial charge on any atom is -0.310 e. The number of hydrogen-bond donors (Lipinski definition) is 1. The summed E-state index contributed by atoms with van der Waals surface area (Å²) in [5.41, 5.74) is 2.72. The van der Waals surface area contributed by atoms with E-state index in [-0.39, 0.29) is 5.56 Å². The summed E-state index contributed by atoms with van der Waals surface area (Å²) in [6, 6.07) is 6.87. The van der Waals surface area contributed by atoms with Gasteiger partial charge in [-0.15, -0.1) is 0 Å². The van der Waals surface area contributed by atoms with Crippen molar-refractivity contribution in [1.82, 2.24) is 19.6 Å². The van der Waals surface area contributed by atoms with Gasteiger partial charge in [0.2, 0.25) is 0 Å². The minimum absolute atomic E-state index is 0.0122. The average Bonchev–Trinajstić information content (AvgIpc) is 2.83. The number of rotatable bonds is 2. The van der Waals surface area contributed by atoms with Gasteiger partial charge in [-0.05, 0) is 37.8 Å². The predicted molar refractivity (Wildman–Crippen MR) is 86.0 cm³/mol. The molecule has 0 radical (unpaired) electrons. The second-order valence-corrected chi connectivity index (χ2v) is 6.63. The molecular formula is C17H22N4O. The van der Waals surface area contributed by atoms with E-state index in [1.807, 2.05) is 19.1 Å². The van der Waals surface area contributed by atoms with Gasteiger partial charge in [-0.3, -0.25) is 14.1 Å². The van der Waals surface area contributed by atoms with Crippen LogP contribution < -0.4 is 10.9 Å². The van der Waals surface area contributed by atoms with E-state index in [0.29, 0.717) is 12.1 Å². The van der Waals surface area contributed by atoms with Crippen LogP contribution in [-0.4, -0.2) is 39.5 Å². The lowest BCUT2D eigenvalue weighted by atomic mass is 10.1. The van der Waals surface area contributed by atoms with Crippen molar-refractivity contribution in [3.05, 3.63) is 46.0 Å². The SMILES string of the molecule is Cc1cccn2c(=O)cc(CN3CCC4CCC(C3)N4)nc12. The number of hydrogen-bond acceptors (Lipinski definition) is 4. The molecule has 0 spiro atoms. The summed E-state index contributed by atoms with van der Waals surface area (Å²) in [7, 11) is 0. The molecule has 2 aliphatic rings. The first kappa shape index (κ1) is 13.9. The zero-order valence-electron chi connectivity index (χ0n) is 13.0. The number of aryl methyl sites for hydroxylation is 1. The Morgan fingerprint density at radius 3 is 3.09 bits per heavy atom. The maximum absolute atomic E-state index is 12.3. The van der Waals surface area contributed by atoms with Crippen molar-refractivity contribution in [3.63, 3.8) is 0 Å². The van der Waals surface area contributed by atoms with Gasteiger partial charge in [0.05, 0.1) is 5.69 Å². The third-order valence-corrected chi connectivity index (χ3v) is 4.93. The lowest BCUT2D eigenvalue weighted by molar-refractivity contribution is 0.248. The third-order valence-electron chi connectivity index (χ3n) is 4.93. The molecule has 22 heavy (non-hydrogen) atoms. The maximum atomic E-state index is 12.3. The van der Waals surface area contributed by atoms with Gasteiger partial charge in [0.25, 0.3) is 5.56 Å². The van der Waals surface area contributed by atoms with Gasteiger partial charge in [0, 0.05) is 44.0 Å². The molecule has 0 aromatic carbocycles. The van der Waals surface area contributed by atoms with Crippen LogP contribution >= 0.6 is 0 Å². The molecule has 2 atom stereocenters. The Morgan fingerprint density at radius 2 is 2.18 bits per heavy atom. The van der Waals surface area contributed by atoms with Crippen LogP contribution in [0.2, 0.25) is 0 Å². The first-order valence-corrected chi connectivity index (χ1v) is 8.15. The van der Waals surface area contributed by atoms with Crippen LogP contribution in [0.3, 0.4) is 0 Å². The molecule has 0 aliphatic carbocycles. The van der Waals surface area contributed by atoms with Crippen molar-refractivity contribution in [2.75, 3.05) is 13.1 Å². The number of pyridine rings is 1. The van der Waals surface area contributed by atoms with Crippen LogP contribution in [0.1, 0.15) is 30.5 Å². The van der Waals surface area contributed by atoms with Crippen molar-refractivity contribution < 1.29 is 0 Å². The van der Waals surface area contributed by atoms with E-state index in [9.17, 15) is 4.79 Å². The van der Waals surface area contributed by atoms with Crippen LogP contribution in [0.5, 0.6) is 0 Å². The molecule has 2 bridgehead atoms. The van der Waals surface area contributed by atoms with Crippen LogP contribution in [0, 0.1) is 6.92 Å². The normalized spacial score (nSPS) is 25.5. The minimum atomic E-state index is 0.0122. The molecule has 2 aromatic rings. The summed E-state index contributed by atoms with van der Waals surface area (Å²) in [6.07, 6.45) is 5.57. The van der Waals surface area contributed by atoms with E-state index in [1.54, 1.807) is 16.7 Å². The fourth-order valence-electron chi connectivity index (χ4n) is 3.78. The van der Waals surface area contributed by atoms with Crippen LogP contribution in [0.4, 0.5) is 0 Å². The molecule has 2 saturated heterocycles. The van der Waals surface area contributed by atoms with Crippen molar-refractivity contribution >= 4 is 5.65 Å². The average molecular weight is 298 g/mol. The standard InChI is InChI=1S/C17H22N4O/c1-12-3-2-7-21-16(22)9-15(19-17(12)21)11-20-8-6-13-4-5-14(10-20)18-13/h2-3,7,9,13-14,18H,4-6,8,10-11H2,1H3. The Bertz CT molecular complexity index is 754. The van der Waals surface area contributed by atoms with Crippen LogP contribution in [0.15, 0.2) is 29.2 Å². The molecule has 2 aromatic heterocycles. The highest BCUT2D eigenvalue weighted by molar-refractivity contribution is 5.46. The van der Waals surface area contributed by atoms with Crippen LogP contribution in [-0.2, 0) is 6.54 Å². The van der Waals surface area contributed by atoms with E-state index in [0.717, 1.165) is 36.5 Å². The Hall–Kier alpha value is -1.72. The number of aromatic nitrogens is 2. The largest absolute Gasteiger partial charge is 0.310 e. The molecule has 1 N–H and O–H groups in total. The highest BCUT2D eigenvalue weighted by Crippen LogP contribution is 2.21. The lowest BCUT2D eigenvalue weighted by Gasteiger charge is -2.23. The molecule has 2 unspecified atom stereocenters. The number of likely N-dealkylation sites (tertiary alicyclic amines) is 1. The first-order chi connectivity index (χ1) is 10.7. The molecule has 4 rings (SSSR count). The van der Waals surface area contributed by atoms with Gasteiger partial charge >= 0.3 is 0 Å². The van der Waals surface area contributed by atoms with Crippen molar-refractivity contribution in [2.45, 2.75) is 44.8 Å². The molecule has 116 valence electrons. The predicted octanol–water partition coefficient (Wildman–Crippen LogP) is 1.33. The summed E-state index contributed by atoms with van der Waals surface area (Å²) in [6.45, 7) is 4.92. The summed E-state index contributed by atoms with van der Waals surface area (Å²) in [4.78, 5) is 19.4. The smallest absolute Gasteiger partial charge is 0.258 e. The van der Waals surface area contributed by atoms with Gasteiger partial charge in [-0.25, -0.2) is 4.98 Å². The van der Waals surface area contributed by atoms with Crippen molar-refractivity contribution in [3.8, 4) is 0 Å². The maximum Gasteiger partial charge on any atom is 0.258 e. The number of nitrogens with zero attached hydrogens (tertiary/aromatic N) is 3. The van der Waals surface area contributed by atoms with Gasteiger partial charge in [-0.1, -0.05) is 6.07 Å². The molecule has 4 heterocycles. The Kier molecular flexibility index (Phi) is 3.47. The van der Waals surface area contributed by atoms with Gasteiger partial charge in [0.15, 0.2) is 0 Å². The van der Waals surface area contributed by atoms with Crippen molar-refractivity contribution in [1.29, 1.82) is 0 Å². The summed E-state index contributed by atoms with van der Waals surface area (Å²) in [5, 5.41) is 3.69. The molecule has 5 nitrogen and oxygen atoms in total. The van der Waals surface area contributed by atoms with Crippen LogP contribution in [0.25, 0.3) is 5.65 Å². The topological polar surface area (TPSA) is 49.6 Å². The Morgan fingerprint density at radius 1 is 1.32 bits per heavy atom. The van der Waals surface area contributed by atoms with E-state index in [4.69, 9.17) is 4.98 Å². The zero-order chi connectivity index (χ0) is 15.1. The Balaban J connectivity index is 1.61. The summed E-state index contributed by atoms with van der Waals surface area (Å²) < 4.78 is 1.63. The molecule has 2 aliphatic heterocycles. The summed E-state index contributed by atoms with van der Waals surface area (Å²) in [5.74, 6) is 0. The van der Waals surface area contributed by atoms with E-state index < -0.39 is 0 Å². The fraction of sp³-hybridized carbons (Fsp3) is 0.529. The quantitative estimate of drug-likeness (QED) is 0.909. The van der Waals surface area contributed by atoms with Gasteiger partial charge in [-0.2, -0.15) is 0 Å². The van der Waals surface area contributed by atoms with E-state index in [1.165, 1.54) is 19.3 Å². The highest BCUT2D eigenvalue weighted by atomic mass is 16.1. The lowest BCUT2D eigenvalue weighted by Crippen LogP contribution is -2.35. The van der Waals surface area contributed by atoms with E-state index >= 15 is 0 Å². The van der Waals surface area contributed by atoms with Crippen molar-refractivity contribution in [2.24, 2.45) is 0 Å². The highest BCUT2D eigenvalue weighted by Gasteiger charge is 2.29. The number of nitrogens with one attached hydrogen (secondary N) is 1. The first-order valence-electron chi connectivity index (χ1n) is 8.15. The molecule has 2 fully saturated rings. The third kappa shape index (κ3) is 2.55. The zero-order valence-corrected chi connectivity index (χ0v) is 13.0. The second kappa shape index (κ2) is 5.48. The van der Waals surface area contributed by atoms with E-state index in [2.05, 4.69) is 10.2 Å². The molecular weight excluding hydrogens is 276 g/mol. The van der Waals surface area contributed by atoms with Gasteiger partial charge < -0.3 is 5.32 Å². The molecule has 0 saturated carbocycles. The monoisotopic (exact) mass is 298 g/mol. The molecule has 0 amide bonds. The van der Waals surface area contributed by atoms with Gasteiger partial charge in [0.1, 0.15) is 5.65 Å².